The van der Waals surface area contributed by atoms with Gasteiger partial charge in [0.25, 0.3) is 0 Å². The van der Waals surface area contributed by atoms with Crippen LogP contribution in [-0.4, -0.2) is 57.6 Å². The number of rotatable bonds is 2. The second kappa shape index (κ2) is 7.14. The monoisotopic (exact) mass is 403 g/mol. The second-order valence-corrected chi connectivity index (χ2v) is 8.72. The molecule has 1 heterocycles. The zero-order chi connectivity index (χ0) is 18.9. The zero-order valence-electron chi connectivity index (χ0n) is 14.0. The predicted molar refractivity (Wildman–Crippen MR) is 88.1 cm³/mol. The molecule has 0 aromatic rings. The van der Waals surface area contributed by atoms with Crippen LogP contribution in [0.1, 0.15) is 34.1 Å². The van der Waals surface area contributed by atoms with E-state index in [4.69, 9.17) is 49.0 Å². The van der Waals surface area contributed by atoms with Crippen molar-refractivity contribution in [2.75, 3.05) is 13.7 Å². The second-order valence-electron chi connectivity index (χ2n) is 6.44. The fourth-order valence-electron chi connectivity index (χ4n) is 2.34. The van der Waals surface area contributed by atoms with Gasteiger partial charge >= 0.3 is 18.0 Å². The summed E-state index contributed by atoms with van der Waals surface area (Å²) in [5.41, 5.74) is -2.50. The Bertz CT molecular complexity index is 528. The third-order valence-corrected chi connectivity index (χ3v) is 4.32. The Morgan fingerprint density at radius 3 is 2.08 bits per heavy atom. The van der Waals surface area contributed by atoms with Gasteiger partial charge in [-0.25, -0.2) is 9.59 Å². The lowest BCUT2D eigenvalue weighted by Crippen LogP contribution is -2.50. The largest absolute Gasteiger partial charge is 0.467 e. The summed E-state index contributed by atoms with van der Waals surface area (Å²) in [4.78, 5) is 37.0. The third kappa shape index (κ3) is 4.80. The van der Waals surface area contributed by atoms with Crippen molar-refractivity contribution in [1.29, 1.82) is 0 Å². The standard InChI is InChI=1S/C14H20Cl3NO6/c1-8(19)23-13(14(15,16)17)6-9(10(20)22-5)18(7-13)11(21)24-12(2,3)4/h9H,6-7H2,1-5H3/t9-,13-/m0/s1. The van der Waals surface area contributed by atoms with E-state index in [9.17, 15) is 14.4 Å². The minimum absolute atomic E-state index is 0.227. The molecule has 1 amide bonds. The SMILES string of the molecule is COC(=O)[C@@H]1C[C@@](OC(C)=O)(C(Cl)(Cl)Cl)CN1C(=O)OC(C)(C)C. The highest BCUT2D eigenvalue weighted by molar-refractivity contribution is 6.68. The number of alkyl halides is 3. The van der Waals surface area contributed by atoms with E-state index in [0.29, 0.717) is 0 Å². The van der Waals surface area contributed by atoms with Gasteiger partial charge in [-0.15, -0.1) is 0 Å². The van der Waals surface area contributed by atoms with Crippen molar-refractivity contribution in [2.24, 2.45) is 0 Å². The smallest absolute Gasteiger partial charge is 0.411 e. The Labute approximate surface area is 155 Å². The molecule has 0 aromatic heterocycles. The van der Waals surface area contributed by atoms with E-state index in [2.05, 4.69) is 0 Å². The molecule has 1 fully saturated rings. The van der Waals surface area contributed by atoms with E-state index in [1.54, 1.807) is 20.8 Å². The maximum absolute atomic E-state index is 12.4. The molecular formula is C14H20Cl3NO6. The van der Waals surface area contributed by atoms with Crippen LogP contribution in [0.3, 0.4) is 0 Å². The lowest BCUT2D eigenvalue weighted by Gasteiger charge is -2.34. The van der Waals surface area contributed by atoms with Gasteiger partial charge in [0, 0.05) is 13.3 Å². The van der Waals surface area contributed by atoms with Gasteiger partial charge in [-0.3, -0.25) is 9.69 Å². The van der Waals surface area contributed by atoms with Crippen molar-refractivity contribution in [1.82, 2.24) is 4.90 Å². The minimum Gasteiger partial charge on any atom is -0.467 e. The lowest BCUT2D eigenvalue weighted by molar-refractivity contribution is -0.156. The van der Waals surface area contributed by atoms with Gasteiger partial charge in [0.15, 0.2) is 5.60 Å². The Hall–Kier alpha value is -0.920. The number of halogens is 3. The summed E-state index contributed by atoms with van der Waals surface area (Å²) in [6, 6.07) is -1.11. The van der Waals surface area contributed by atoms with Gasteiger partial charge in [0.05, 0.1) is 13.7 Å². The normalized spacial score (nSPS) is 24.5. The molecule has 0 bridgehead atoms. The van der Waals surface area contributed by atoms with Gasteiger partial charge in [-0.2, -0.15) is 0 Å². The molecule has 0 radical (unpaired) electrons. The van der Waals surface area contributed by atoms with Gasteiger partial charge in [-0.05, 0) is 20.8 Å². The molecule has 1 saturated heterocycles. The van der Waals surface area contributed by atoms with E-state index in [0.717, 1.165) is 18.9 Å². The van der Waals surface area contributed by atoms with Gasteiger partial charge in [0.2, 0.25) is 3.79 Å². The molecular weight excluding hydrogens is 385 g/mol. The Kier molecular flexibility index (Phi) is 6.28. The van der Waals surface area contributed by atoms with Gasteiger partial charge < -0.3 is 14.2 Å². The van der Waals surface area contributed by atoms with Crippen LogP contribution < -0.4 is 0 Å². The number of nitrogens with zero attached hydrogens (tertiary/aromatic N) is 1. The van der Waals surface area contributed by atoms with E-state index in [1.807, 2.05) is 0 Å². The van der Waals surface area contributed by atoms with Crippen LogP contribution in [0, 0.1) is 0 Å². The predicted octanol–water partition coefficient (Wildman–Crippen LogP) is 2.84. The summed E-state index contributed by atoms with van der Waals surface area (Å²) < 4.78 is 13.1. The summed E-state index contributed by atoms with van der Waals surface area (Å²) in [6.07, 6.45) is -1.03. The summed E-state index contributed by atoms with van der Waals surface area (Å²) >= 11 is 17.9. The quantitative estimate of drug-likeness (QED) is 0.400. The van der Waals surface area contributed by atoms with Crippen LogP contribution in [0.25, 0.3) is 0 Å². The molecule has 7 nitrogen and oxygen atoms in total. The van der Waals surface area contributed by atoms with Gasteiger partial charge in [-0.1, -0.05) is 34.8 Å². The number of amides is 1. The molecule has 2 atom stereocenters. The third-order valence-electron chi connectivity index (χ3n) is 3.28. The Balaban J connectivity index is 3.24. The van der Waals surface area contributed by atoms with E-state index in [-0.39, 0.29) is 13.0 Å². The zero-order valence-corrected chi connectivity index (χ0v) is 16.3. The van der Waals surface area contributed by atoms with Crippen molar-refractivity contribution in [2.45, 2.75) is 55.2 Å². The number of likely N-dealkylation sites (tertiary alicyclic amines) is 1. The molecule has 24 heavy (non-hydrogen) atoms. The number of ether oxygens (including phenoxy) is 3. The molecule has 0 aliphatic carbocycles. The number of carbonyl (C=O) groups is 3. The van der Waals surface area contributed by atoms with Crippen LogP contribution in [0.5, 0.6) is 0 Å². The summed E-state index contributed by atoms with van der Waals surface area (Å²) in [6.45, 7) is 5.83. The first-order valence-electron chi connectivity index (χ1n) is 7.06. The molecule has 138 valence electrons. The molecule has 1 aliphatic rings. The average molecular weight is 405 g/mol. The van der Waals surface area contributed by atoms with Crippen LogP contribution >= 0.6 is 34.8 Å². The van der Waals surface area contributed by atoms with E-state index < -0.39 is 39.1 Å². The lowest BCUT2D eigenvalue weighted by atomic mass is 10.0. The number of carbonyl (C=O) groups excluding carboxylic acids is 3. The van der Waals surface area contributed by atoms with E-state index >= 15 is 0 Å². The van der Waals surface area contributed by atoms with Crippen molar-refractivity contribution in [3.8, 4) is 0 Å². The topological polar surface area (TPSA) is 82.1 Å². The van der Waals surface area contributed by atoms with Crippen LogP contribution in [-0.2, 0) is 23.8 Å². The summed E-state index contributed by atoms with van der Waals surface area (Å²) in [7, 11) is 1.16. The minimum atomic E-state index is -2.07. The van der Waals surface area contributed by atoms with Crippen LogP contribution in [0.2, 0.25) is 0 Å². The molecule has 0 unspecified atom stereocenters. The van der Waals surface area contributed by atoms with Crippen molar-refractivity contribution >= 4 is 52.8 Å². The highest BCUT2D eigenvalue weighted by atomic mass is 35.6. The first-order chi connectivity index (χ1) is 10.7. The molecule has 0 spiro atoms. The van der Waals surface area contributed by atoms with E-state index in [1.165, 1.54) is 0 Å². The Morgan fingerprint density at radius 1 is 1.17 bits per heavy atom. The van der Waals surface area contributed by atoms with Crippen LogP contribution in [0.15, 0.2) is 0 Å². The summed E-state index contributed by atoms with van der Waals surface area (Å²) in [5, 5.41) is 0. The number of methoxy groups -OCH3 is 1. The molecule has 1 rings (SSSR count). The van der Waals surface area contributed by atoms with Gasteiger partial charge in [0.1, 0.15) is 11.6 Å². The summed E-state index contributed by atoms with van der Waals surface area (Å²) in [5.74, 6) is -1.44. The molecule has 0 N–H and O–H groups in total. The number of esters is 2. The molecule has 1 aliphatic heterocycles. The van der Waals surface area contributed by atoms with Crippen molar-refractivity contribution < 1.29 is 28.6 Å². The molecule has 10 heteroatoms. The van der Waals surface area contributed by atoms with Crippen molar-refractivity contribution in [3.05, 3.63) is 0 Å². The maximum atomic E-state index is 12.4. The molecule has 0 saturated carbocycles. The highest BCUT2D eigenvalue weighted by Gasteiger charge is 2.62. The number of hydrogen-bond acceptors (Lipinski definition) is 6. The number of hydrogen-bond donors (Lipinski definition) is 0. The van der Waals surface area contributed by atoms with Crippen molar-refractivity contribution in [3.63, 3.8) is 0 Å². The highest BCUT2D eigenvalue weighted by Crippen LogP contribution is 2.48. The fraction of sp³-hybridized carbons (Fsp3) is 0.786. The average Bonchev–Trinajstić information content (AvgIpc) is 2.75. The molecule has 0 aromatic carbocycles. The first kappa shape index (κ1) is 21.1. The fourth-order valence-corrected chi connectivity index (χ4v) is 2.87. The Morgan fingerprint density at radius 2 is 1.71 bits per heavy atom. The maximum Gasteiger partial charge on any atom is 0.411 e. The van der Waals surface area contributed by atoms with Crippen LogP contribution in [0.4, 0.5) is 4.79 Å². The first-order valence-corrected chi connectivity index (χ1v) is 8.19.